The van der Waals surface area contributed by atoms with Gasteiger partial charge in [-0.1, -0.05) is 25.1 Å². The fraction of sp³-hybridized carbons (Fsp3) is 0.353. The zero-order valence-corrected chi connectivity index (χ0v) is 12.8. The largest absolute Gasteiger partial charge is 0.459 e. The Morgan fingerprint density at radius 1 is 1.19 bits per heavy atom. The topological polar surface area (TPSA) is 57.0 Å². The monoisotopic (exact) mass is 283 g/mol. The van der Waals surface area contributed by atoms with Crippen LogP contribution in [0.2, 0.25) is 0 Å². The van der Waals surface area contributed by atoms with Crippen molar-refractivity contribution >= 4 is 11.0 Å². The van der Waals surface area contributed by atoms with Crippen molar-refractivity contribution in [2.75, 3.05) is 0 Å². The second kappa shape index (κ2) is 5.37. The molecule has 110 valence electrons. The van der Waals surface area contributed by atoms with E-state index in [0.717, 1.165) is 34.4 Å². The van der Waals surface area contributed by atoms with E-state index in [9.17, 15) is 0 Å². The minimum Gasteiger partial charge on any atom is -0.459 e. The molecule has 1 aromatic carbocycles. The number of hydrogen-bond donors (Lipinski definition) is 1. The summed E-state index contributed by atoms with van der Waals surface area (Å²) in [7, 11) is 0. The number of nitrogens with two attached hydrogens (primary N) is 1. The summed E-state index contributed by atoms with van der Waals surface area (Å²) in [5.41, 5.74) is 11.5. The van der Waals surface area contributed by atoms with Gasteiger partial charge in [0.25, 0.3) is 0 Å². The van der Waals surface area contributed by atoms with Crippen LogP contribution in [0.1, 0.15) is 35.2 Å². The van der Waals surface area contributed by atoms with E-state index in [2.05, 4.69) is 36.6 Å². The summed E-state index contributed by atoms with van der Waals surface area (Å²) >= 11 is 0. The van der Waals surface area contributed by atoms with Crippen LogP contribution >= 0.6 is 0 Å². The predicted molar refractivity (Wildman–Crippen MR) is 84.3 cm³/mol. The van der Waals surface area contributed by atoms with E-state index in [4.69, 9.17) is 10.2 Å². The van der Waals surface area contributed by atoms with E-state index in [1.807, 2.05) is 18.2 Å². The minimum absolute atomic E-state index is 0.407. The Morgan fingerprint density at radius 2 is 1.95 bits per heavy atom. The van der Waals surface area contributed by atoms with E-state index < -0.39 is 0 Å². The van der Waals surface area contributed by atoms with Crippen LogP contribution in [0.25, 0.3) is 11.0 Å². The quantitative estimate of drug-likeness (QED) is 0.799. The van der Waals surface area contributed by atoms with Crippen molar-refractivity contribution in [2.24, 2.45) is 5.73 Å². The van der Waals surface area contributed by atoms with E-state index in [0.29, 0.717) is 13.1 Å². The molecule has 0 aliphatic carbocycles. The van der Waals surface area contributed by atoms with Gasteiger partial charge in [-0.05, 0) is 31.9 Å². The first kappa shape index (κ1) is 13.9. The van der Waals surface area contributed by atoms with Crippen LogP contribution in [0, 0.1) is 13.8 Å². The van der Waals surface area contributed by atoms with Crippen LogP contribution in [0.3, 0.4) is 0 Å². The smallest absolute Gasteiger partial charge is 0.134 e. The van der Waals surface area contributed by atoms with Gasteiger partial charge in [0, 0.05) is 16.6 Å². The van der Waals surface area contributed by atoms with E-state index in [1.165, 1.54) is 11.3 Å². The lowest BCUT2D eigenvalue weighted by Crippen LogP contribution is -2.07. The summed E-state index contributed by atoms with van der Waals surface area (Å²) in [6.45, 7) is 7.48. The van der Waals surface area contributed by atoms with Gasteiger partial charge in [-0.3, -0.25) is 4.68 Å². The van der Waals surface area contributed by atoms with Gasteiger partial charge < -0.3 is 10.2 Å². The van der Waals surface area contributed by atoms with Crippen molar-refractivity contribution in [1.82, 2.24) is 9.78 Å². The van der Waals surface area contributed by atoms with Crippen LogP contribution in [0.4, 0.5) is 0 Å². The van der Waals surface area contributed by atoms with Crippen molar-refractivity contribution in [1.29, 1.82) is 0 Å². The number of benzene rings is 1. The fourth-order valence-corrected chi connectivity index (χ4v) is 3.04. The molecule has 0 aliphatic rings. The summed E-state index contributed by atoms with van der Waals surface area (Å²) in [5, 5.41) is 5.80. The SMILES string of the molecule is CCc1c(C)nn(Cc2c(CN)oc3ccccc23)c1C. The van der Waals surface area contributed by atoms with Crippen LogP contribution in [-0.2, 0) is 19.5 Å². The average molecular weight is 283 g/mol. The van der Waals surface area contributed by atoms with Crippen LogP contribution in [0.5, 0.6) is 0 Å². The van der Waals surface area contributed by atoms with Crippen molar-refractivity contribution < 1.29 is 4.42 Å². The second-order valence-electron chi connectivity index (χ2n) is 5.36. The lowest BCUT2D eigenvalue weighted by atomic mass is 10.1. The first-order valence-corrected chi connectivity index (χ1v) is 7.38. The molecule has 4 nitrogen and oxygen atoms in total. The second-order valence-corrected chi connectivity index (χ2v) is 5.36. The molecule has 0 bridgehead atoms. The highest BCUT2D eigenvalue weighted by atomic mass is 16.3. The van der Waals surface area contributed by atoms with E-state index in [1.54, 1.807) is 0 Å². The lowest BCUT2D eigenvalue weighted by Gasteiger charge is -2.05. The maximum Gasteiger partial charge on any atom is 0.134 e. The molecule has 0 saturated carbocycles. The summed E-state index contributed by atoms with van der Waals surface area (Å²) in [6, 6.07) is 8.07. The summed E-state index contributed by atoms with van der Waals surface area (Å²) < 4.78 is 7.92. The Labute approximate surface area is 124 Å². The lowest BCUT2D eigenvalue weighted by molar-refractivity contribution is 0.537. The molecule has 21 heavy (non-hydrogen) atoms. The van der Waals surface area contributed by atoms with E-state index >= 15 is 0 Å². The molecule has 0 spiro atoms. The van der Waals surface area contributed by atoms with Gasteiger partial charge in [0.05, 0.1) is 18.8 Å². The third kappa shape index (κ3) is 2.25. The van der Waals surface area contributed by atoms with Gasteiger partial charge in [-0.25, -0.2) is 0 Å². The van der Waals surface area contributed by atoms with Gasteiger partial charge >= 0.3 is 0 Å². The Kier molecular flexibility index (Phi) is 3.55. The number of rotatable bonds is 4. The van der Waals surface area contributed by atoms with Crippen molar-refractivity contribution in [3.8, 4) is 0 Å². The molecule has 0 unspecified atom stereocenters. The van der Waals surface area contributed by atoms with Gasteiger partial charge in [-0.15, -0.1) is 0 Å². The molecule has 2 aromatic heterocycles. The van der Waals surface area contributed by atoms with Gasteiger partial charge in [0.15, 0.2) is 0 Å². The number of aryl methyl sites for hydroxylation is 1. The molecule has 3 aromatic rings. The average Bonchev–Trinajstić information content (AvgIpc) is 2.97. The first-order chi connectivity index (χ1) is 10.2. The van der Waals surface area contributed by atoms with Crippen LogP contribution in [-0.4, -0.2) is 9.78 Å². The number of hydrogen-bond acceptors (Lipinski definition) is 3. The molecule has 2 N–H and O–H groups in total. The summed E-state index contributed by atoms with van der Waals surface area (Å²) in [4.78, 5) is 0. The zero-order valence-electron chi connectivity index (χ0n) is 12.8. The van der Waals surface area contributed by atoms with Gasteiger partial charge in [-0.2, -0.15) is 5.10 Å². The third-order valence-electron chi connectivity index (χ3n) is 4.16. The molecular formula is C17H21N3O. The molecule has 0 saturated heterocycles. The highest BCUT2D eigenvalue weighted by Crippen LogP contribution is 2.27. The number of para-hydroxylation sites is 1. The Balaban J connectivity index is 2.09. The number of fused-ring (bicyclic) bond motifs is 1. The number of aromatic nitrogens is 2. The van der Waals surface area contributed by atoms with Gasteiger partial charge in [0.1, 0.15) is 11.3 Å². The molecule has 4 heteroatoms. The van der Waals surface area contributed by atoms with Gasteiger partial charge in [0.2, 0.25) is 0 Å². The van der Waals surface area contributed by atoms with Crippen molar-refractivity contribution in [3.05, 3.63) is 52.5 Å². The standard InChI is InChI=1S/C17H21N3O/c1-4-13-11(2)19-20(12(13)3)10-15-14-7-5-6-8-16(14)21-17(15)9-18/h5-8H,4,9-10,18H2,1-3H3. The number of nitrogens with zero attached hydrogens (tertiary/aromatic N) is 2. The minimum atomic E-state index is 0.407. The molecule has 0 aliphatic heterocycles. The third-order valence-corrected chi connectivity index (χ3v) is 4.16. The Bertz CT molecular complexity index is 783. The zero-order chi connectivity index (χ0) is 15.0. The molecule has 0 amide bonds. The molecule has 2 heterocycles. The molecule has 0 radical (unpaired) electrons. The van der Waals surface area contributed by atoms with Crippen LogP contribution < -0.4 is 5.73 Å². The Morgan fingerprint density at radius 3 is 2.62 bits per heavy atom. The molecule has 0 fully saturated rings. The fourth-order valence-electron chi connectivity index (χ4n) is 3.04. The highest BCUT2D eigenvalue weighted by Gasteiger charge is 2.16. The maximum absolute atomic E-state index is 5.86. The molecule has 0 atom stereocenters. The summed E-state index contributed by atoms with van der Waals surface area (Å²) in [5.74, 6) is 0.849. The first-order valence-electron chi connectivity index (χ1n) is 7.38. The predicted octanol–water partition coefficient (Wildman–Crippen LogP) is 3.32. The Hall–Kier alpha value is -2.07. The van der Waals surface area contributed by atoms with Crippen LogP contribution in [0.15, 0.2) is 28.7 Å². The number of furan rings is 1. The molecule has 3 rings (SSSR count). The van der Waals surface area contributed by atoms with Crippen molar-refractivity contribution in [2.45, 2.75) is 40.3 Å². The highest BCUT2D eigenvalue weighted by molar-refractivity contribution is 5.82. The summed E-state index contributed by atoms with van der Waals surface area (Å²) in [6.07, 6.45) is 1.01. The van der Waals surface area contributed by atoms with Crippen molar-refractivity contribution in [3.63, 3.8) is 0 Å². The normalized spacial score (nSPS) is 11.4. The molecular weight excluding hydrogens is 262 g/mol. The van der Waals surface area contributed by atoms with E-state index in [-0.39, 0.29) is 0 Å². The maximum atomic E-state index is 5.86.